The molecule has 5 nitrogen and oxygen atoms in total. The third-order valence-corrected chi connectivity index (χ3v) is 6.55. The standard InChI is InChI=1S/C19H16F2N2O3S2/c1-19(2,18(24)23-28(25,26)14-6-3-12(20)4-7-14)27-17-9-10-22-16-8-5-13(21)11-15(16)17/h3-11H,1-2H3,(H,23,24). The Bertz CT molecular complexity index is 1150. The van der Waals surface area contributed by atoms with Crippen LogP contribution in [0.5, 0.6) is 0 Å². The highest BCUT2D eigenvalue weighted by molar-refractivity contribution is 8.01. The molecule has 0 aliphatic rings. The van der Waals surface area contributed by atoms with Gasteiger partial charge in [0.2, 0.25) is 5.91 Å². The molecule has 0 saturated carbocycles. The summed E-state index contributed by atoms with van der Waals surface area (Å²) in [5.74, 6) is -1.79. The number of carbonyl (C=O) groups excluding carboxylic acids is 1. The molecule has 1 heterocycles. The van der Waals surface area contributed by atoms with Gasteiger partial charge in [-0.2, -0.15) is 0 Å². The molecule has 0 unspecified atom stereocenters. The first-order chi connectivity index (χ1) is 13.1. The average Bonchev–Trinajstić information content (AvgIpc) is 2.62. The van der Waals surface area contributed by atoms with Crippen molar-refractivity contribution in [3.8, 4) is 0 Å². The van der Waals surface area contributed by atoms with Gasteiger partial charge in [0, 0.05) is 16.5 Å². The minimum Gasteiger partial charge on any atom is -0.272 e. The van der Waals surface area contributed by atoms with Gasteiger partial charge in [0.15, 0.2) is 0 Å². The van der Waals surface area contributed by atoms with E-state index in [1.165, 1.54) is 24.4 Å². The van der Waals surface area contributed by atoms with Crippen LogP contribution in [-0.4, -0.2) is 24.1 Å². The second-order valence-corrected chi connectivity index (χ2v) is 9.82. The van der Waals surface area contributed by atoms with Gasteiger partial charge in [-0.1, -0.05) is 0 Å². The number of nitrogens with one attached hydrogen (secondary N) is 1. The Kier molecular flexibility index (Phi) is 5.40. The number of fused-ring (bicyclic) bond motifs is 1. The van der Waals surface area contributed by atoms with E-state index in [0.29, 0.717) is 15.8 Å². The van der Waals surface area contributed by atoms with E-state index in [0.717, 1.165) is 36.0 Å². The van der Waals surface area contributed by atoms with Crippen LogP contribution in [0.15, 0.2) is 64.5 Å². The zero-order chi connectivity index (χ0) is 20.5. The number of amides is 1. The van der Waals surface area contributed by atoms with Crippen molar-refractivity contribution >= 4 is 38.6 Å². The molecule has 0 aliphatic carbocycles. The number of rotatable bonds is 5. The molecule has 28 heavy (non-hydrogen) atoms. The molecule has 0 fully saturated rings. The van der Waals surface area contributed by atoms with Crippen molar-refractivity contribution in [2.75, 3.05) is 0 Å². The molecule has 1 aromatic heterocycles. The Morgan fingerprint density at radius 1 is 1.04 bits per heavy atom. The maximum Gasteiger partial charge on any atom is 0.264 e. The van der Waals surface area contributed by atoms with Gasteiger partial charge in [-0.05, 0) is 62.4 Å². The summed E-state index contributed by atoms with van der Waals surface area (Å²) in [6.07, 6.45) is 1.53. The normalized spacial score (nSPS) is 12.1. The highest BCUT2D eigenvalue weighted by Crippen LogP contribution is 2.37. The maximum absolute atomic E-state index is 13.6. The zero-order valence-electron chi connectivity index (χ0n) is 14.9. The minimum atomic E-state index is -4.15. The monoisotopic (exact) mass is 422 g/mol. The molecule has 146 valence electrons. The summed E-state index contributed by atoms with van der Waals surface area (Å²) in [4.78, 5) is 17.2. The number of pyridine rings is 1. The molecule has 0 atom stereocenters. The summed E-state index contributed by atoms with van der Waals surface area (Å²) in [6, 6.07) is 9.91. The zero-order valence-corrected chi connectivity index (χ0v) is 16.6. The van der Waals surface area contributed by atoms with Crippen molar-refractivity contribution < 1.29 is 22.0 Å². The summed E-state index contributed by atoms with van der Waals surface area (Å²) in [6.45, 7) is 3.11. The quantitative estimate of drug-likeness (QED) is 0.632. The van der Waals surface area contributed by atoms with Gasteiger partial charge in [-0.25, -0.2) is 21.9 Å². The van der Waals surface area contributed by atoms with E-state index >= 15 is 0 Å². The first-order valence-electron chi connectivity index (χ1n) is 8.15. The predicted molar refractivity (Wildman–Crippen MR) is 103 cm³/mol. The van der Waals surface area contributed by atoms with Crippen LogP contribution in [0.4, 0.5) is 8.78 Å². The van der Waals surface area contributed by atoms with Crippen LogP contribution in [0, 0.1) is 11.6 Å². The van der Waals surface area contributed by atoms with Gasteiger partial charge >= 0.3 is 0 Å². The van der Waals surface area contributed by atoms with E-state index in [-0.39, 0.29) is 4.90 Å². The molecule has 0 saturated heterocycles. The summed E-state index contributed by atoms with van der Waals surface area (Å²) in [5.41, 5.74) is 0.557. The Balaban J connectivity index is 1.86. The van der Waals surface area contributed by atoms with Crippen LogP contribution in [0.1, 0.15) is 13.8 Å². The number of sulfonamides is 1. The van der Waals surface area contributed by atoms with Crippen LogP contribution in [-0.2, 0) is 14.8 Å². The van der Waals surface area contributed by atoms with E-state index < -0.39 is 32.3 Å². The van der Waals surface area contributed by atoms with Crippen LogP contribution >= 0.6 is 11.8 Å². The molecule has 0 bridgehead atoms. The van der Waals surface area contributed by atoms with Gasteiger partial charge in [-0.15, -0.1) is 11.8 Å². The Morgan fingerprint density at radius 3 is 2.36 bits per heavy atom. The summed E-state index contributed by atoms with van der Waals surface area (Å²) < 4.78 is 52.2. The predicted octanol–water partition coefficient (Wildman–Crippen LogP) is 3.89. The molecule has 1 N–H and O–H groups in total. The molecule has 3 aromatic rings. The van der Waals surface area contributed by atoms with E-state index in [1.54, 1.807) is 19.9 Å². The lowest BCUT2D eigenvalue weighted by molar-refractivity contribution is -0.120. The number of carbonyl (C=O) groups is 1. The molecular weight excluding hydrogens is 406 g/mol. The number of benzene rings is 2. The van der Waals surface area contributed by atoms with Crippen molar-refractivity contribution in [1.82, 2.24) is 9.71 Å². The third-order valence-electron chi connectivity index (χ3n) is 3.93. The average molecular weight is 422 g/mol. The lowest BCUT2D eigenvalue weighted by Gasteiger charge is -2.23. The van der Waals surface area contributed by atoms with Gasteiger partial charge in [0.1, 0.15) is 11.6 Å². The van der Waals surface area contributed by atoms with Crippen molar-refractivity contribution in [1.29, 1.82) is 0 Å². The second kappa shape index (κ2) is 7.48. The Labute approximate surface area is 165 Å². The largest absolute Gasteiger partial charge is 0.272 e. The fourth-order valence-electron chi connectivity index (χ4n) is 2.42. The van der Waals surface area contributed by atoms with Crippen molar-refractivity contribution in [3.63, 3.8) is 0 Å². The van der Waals surface area contributed by atoms with Crippen LogP contribution < -0.4 is 4.72 Å². The molecule has 2 aromatic carbocycles. The first kappa shape index (κ1) is 20.2. The number of hydrogen-bond donors (Lipinski definition) is 1. The molecule has 0 spiro atoms. The van der Waals surface area contributed by atoms with Crippen LogP contribution in [0.3, 0.4) is 0 Å². The summed E-state index contributed by atoms with van der Waals surface area (Å²) in [7, 11) is -4.15. The maximum atomic E-state index is 13.6. The lowest BCUT2D eigenvalue weighted by Crippen LogP contribution is -2.42. The van der Waals surface area contributed by atoms with Crippen LogP contribution in [0.2, 0.25) is 0 Å². The number of nitrogens with zero attached hydrogens (tertiary/aromatic N) is 1. The van der Waals surface area contributed by atoms with Gasteiger partial charge in [-0.3, -0.25) is 9.78 Å². The minimum absolute atomic E-state index is 0.223. The van der Waals surface area contributed by atoms with Crippen molar-refractivity contribution in [3.05, 3.63) is 66.4 Å². The van der Waals surface area contributed by atoms with E-state index in [4.69, 9.17) is 0 Å². The fraction of sp³-hybridized carbons (Fsp3) is 0.158. The molecular formula is C19H16F2N2O3S2. The van der Waals surface area contributed by atoms with Gasteiger partial charge < -0.3 is 0 Å². The van der Waals surface area contributed by atoms with Crippen molar-refractivity contribution in [2.45, 2.75) is 28.4 Å². The molecule has 9 heteroatoms. The summed E-state index contributed by atoms with van der Waals surface area (Å²) >= 11 is 1.09. The van der Waals surface area contributed by atoms with Gasteiger partial charge in [0.25, 0.3) is 10.0 Å². The highest BCUT2D eigenvalue weighted by Gasteiger charge is 2.33. The van der Waals surface area contributed by atoms with E-state index in [1.807, 2.05) is 4.72 Å². The third kappa shape index (κ3) is 4.31. The first-order valence-corrected chi connectivity index (χ1v) is 10.4. The lowest BCUT2D eigenvalue weighted by atomic mass is 10.2. The number of aromatic nitrogens is 1. The molecule has 0 radical (unpaired) electrons. The number of thioether (sulfide) groups is 1. The smallest absolute Gasteiger partial charge is 0.264 e. The van der Waals surface area contributed by atoms with Gasteiger partial charge in [0.05, 0.1) is 15.2 Å². The highest BCUT2D eigenvalue weighted by atomic mass is 32.2. The molecule has 3 rings (SSSR count). The molecule has 1 amide bonds. The van der Waals surface area contributed by atoms with Crippen LogP contribution in [0.25, 0.3) is 10.9 Å². The molecule has 0 aliphatic heterocycles. The SMILES string of the molecule is CC(C)(Sc1ccnc2ccc(F)cc12)C(=O)NS(=O)(=O)c1ccc(F)cc1. The Morgan fingerprint density at radius 2 is 1.68 bits per heavy atom. The Hall–Kier alpha value is -2.52. The topological polar surface area (TPSA) is 76.1 Å². The van der Waals surface area contributed by atoms with E-state index in [9.17, 15) is 22.0 Å². The number of halogens is 2. The number of hydrogen-bond acceptors (Lipinski definition) is 5. The van der Waals surface area contributed by atoms with E-state index in [2.05, 4.69) is 4.98 Å². The fourth-order valence-corrected chi connectivity index (χ4v) is 4.69. The summed E-state index contributed by atoms with van der Waals surface area (Å²) in [5, 5.41) is 0.523. The second-order valence-electron chi connectivity index (χ2n) is 6.47. The van der Waals surface area contributed by atoms with Crippen molar-refractivity contribution in [2.24, 2.45) is 0 Å².